The summed E-state index contributed by atoms with van der Waals surface area (Å²) in [5.41, 5.74) is -0.778. The summed E-state index contributed by atoms with van der Waals surface area (Å²) in [6.07, 6.45) is 9.02. The van der Waals surface area contributed by atoms with Crippen LogP contribution in [0.2, 0.25) is 0 Å². The first-order chi connectivity index (χ1) is 11.7. The summed E-state index contributed by atoms with van der Waals surface area (Å²) in [5, 5.41) is 21.1. The van der Waals surface area contributed by atoms with E-state index >= 15 is 0 Å². The van der Waals surface area contributed by atoms with Gasteiger partial charge in [-0.25, -0.2) is 0 Å². The Morgan fingerprint density at radius 3 is 2.40 bits per heavy atom. The molecule has 5 heteroatoms. The van der Waals surface area contributed by atoms with Gasteiger partial charge in [-0.15, -0.1) is 0 Å². The number of carboxylic acids is 1. The van der Waals surface area contributed by atoms with E-state index in [4.69, 9.17) is 0 Å². The number of fused-ring (bicyclic) bond motifs is 3. The van der Waals surface area contributed by atoms with Gasteiger partial charge < -0.3 is 10.2 Å². The van der Waals surface area contributed by atoms with E-state index in [1.807, 2.05) is 6.92 Å². The standard InChI is InChI=1S/C20H32O4S/c1-18-7-4-8-19(2,17(22)23)13(18)6-10-20-9-5-12(11-14(18)20)15(16(20)21)25(3)24/h12-16,21H,4-11H2,1-3H3,(H,22,23)/t12-,13+,14+,15+,16-,18-,19-,20+,25?/m1/s1. The zero-order chi connectivity index (χ0) is 18.2. The predicted octanol–water partition coefficient (Wildman–Crippen LogP) is 3.20. The van der Waals surface area contributed by atoms with Crippen LogP contribution >= 0.6 is 0 Å². The molecular weight excluding hydrogens is 336 g/mol. The number of hydrogen-bond acceptors (Lipinski definition) is 3. The molecule has 1 spiro atoms. The maximum Gasteiger partial charge on any atom is 0.309 e. The lowest BCUT2D eigenvalue weighted by Crippen LogP contribution is -2.68. The lowest BCUT2D eigenvalue weighted by Gasteiger charge is -2.69. The van der Waals surface area contributed by atoms with Gasteiger partial charge in [-0.2, -0.15) is 0 Å². The number of hydrogen-bond donors (Lipinski definition) is 2. The quantitative estimate of drug-likeness (QED) is 0.785. The number of carboxylic acid groups (broad SMARTS) is 1. The van der Waals surface area contributed by atoms with Crippen molar-refractivity contribution >= 4 is 16.8 Å². The van der Waals surface area contributed by atoms with Crippen molar-refractivity contribution in [2.45, 2.75) is 76.6 Å². The fraction of sp³-hybridized carbons (Fsp3) is 0.950. The average molecular weight is 369 g/mol. The number of aliphatic hydroxyl groups is 1. The summed E-state index contributed by atoms with van der Waals surface area (Å²) in [5.74, 6) is 0.264. The molecule has 5 saturated carbocycles. The van der Waals surface area contributed by atoms with Crippen molar-refractivity contribution < 1.29 is 19.2 Å². The lowest BCUT2D eigenvalue weighted by molar-refractivity contribution is -0.224. The number of carbonyl (C=O) groups is 1. The number of rotatable bonds is 2. The molecule has 0 aromatic heterocycles. The zero-order valence-electron chi connectivity index (χ0n) is 15.7. The van der Waals surface area contributed by atoms with Crippen molar-refractivity contribution in [2.75, 3.05) is 6.26 Å². The van der Waals surface area contributed by atoms with Crippen molar-refractivity contribution in [3.8, 4) is 0 Å². The molecule has 5 aliphatic carbocycles. The highest BCUT2D eigenvalue weighted by atomic mass is 32.2. The number of aliphatic hydroxyl groups excluding tert-OH is 1. The monoisotopic (exact) mass is 368 g/mol. The molecular formula is C20H32O4S. The molecule has 0 radical (unpaired) electrons. The third-order valence-corrected chi connectivity index (χ3v) is 10.5. The van der Waals surface area contributed by atoms with Crippen LogP contribution in [0.1, 0.15) is 65.2 Å². The minimum absolute atomic E-state index is 0.0104. The smallest absolute Gasteiger partial charge is 0.309 e. The second-order valence-electron chi connectivity index (χ2n) is 9.90. The Morgan fingerprint density at radius 2 is 1.76 bits per heavy atom. The summed E-state index contributed by atoms with van der Waals surface area (Å²) in [6, 6.07) is 0. The first-order valence-electron chi connectivity index (χ1n) is 9.90. The van der Waals surface area contributed by atoms with E-state index in [1.54, 1.807) is 6.26 Å². The van der Waals surface area contributed by atoms with Crippen molar-refractivity contribution in [2.24, 2.45) is 34.0 Å². The molecule has 0 aromatic carbocycles. The summed E-state index contributed by atoms with van der Waals surface area (Å²) >= 11 is 0. The van der Waals surface area contributed by atoms with Gasteiger partial charge in [-0.05, 0) is 75.0 Å². The van der Waals surface area contributed by atoms with Gasteiger partial charge in [0.05, 0.1) is 16.8 Å². The van der Waals surface area contributed by atoms with Crippen LogP contribution in [0, 0.1) is 34.0 Å². The van der Waals surface area contributed by atoms with Gasteiger partial charge >= 0.3 is 5.97 Å². The first-order valence-corrected chi connectivity index (χ1v) is 11.5. The SMILES string of the molecule is CS(=O)[C@H]1[C@@H]2CC[C@@]3(CC[C@H]4[C@@](C)(CCC[C@@]4(C)C(=O)O)[C@@H]3C2)[C@@H]1O. The van der Waals surface area contributed by atoms with Crippen LogP contribution in [0.3, 0.4) is 0 Å². The maximum absolute atomic E-state index is 12.3. The van der Waals surface area contributed by atoms with Crippen LogP contribution in [0.4, 0.5) is 0 Å². The van der Waals surface area contributed by atoms with Gasteiger partial charge in [-0.3, -0.25) is 9.00 Å². The zero-order valence-corrected chi connectivity index (χ0v) is 16.5. The fourth-order valence-electron chi connectivity index (χ4n) is 7.99. The van der Waals surface area contributed by atoms with Crippen LogP contribution in [0.25, 0.3) is 0 Å². The molecule has 4 nitrogen and oxygen atoms in total. The molecule has 0 amide bonds. The van der Waals surface area contributed by atoms with Crippen molar-refractivity contribution in [1.29, 1.82) is 0 Å². The van der Waals surface area contributed by atoms with Gasteiger partial charge in [0.15, 0.2) is 0 Å². The van der Waals surface area contributed by atoms with E-state index in [1.165, 1.54) is 0 Å². The molecule has 2 bridgehead atoms. The Morgan fingerprint density at radius 1 is 1.08 bits per heavy atom. The summed E-state index contributed by atoms with van der Waals surface area (Å²) in [6.45, 7) is 4.27. The van der Waals surface area contributed by atoms with Gasteiger partial charge in [0.25, 0.3) is 0 Å². The highest BCUT2D eigenvalue weighted by Gasteiger charge is 2.69. The van der Waals surface area contributed by atoms with E-state index in [0.29, 0.717) is 11.8 Å². The Labute approximate surface area is 153 Å². The molecule has 0 aromatic rings. The summed E-state index contributed by atoms with van der Waals surface area (Å²) < 4.78 is 12.3. The fourth-order valence-corrected chi connectivity index (χ4v) is 9.42. The van der Waals surface area contributed by atoms with E-state index in [2.05, 4.69) is 6.92 Å². The van der Waals surface area contributed by atoms with E-state index < -0.39 is 28.3 Å². The molecule has 5 fully saturated rings. The highest BCUT2D eigenvalue weighted by Crippen LogP contribution is 2.71. The lowest BCUT2D eigenvalue weighted by atomic mass is 9.36. The Bertz CT molecular complexity index is 621. The first kappa shape index (κ1) is 18.0. The van der Waals surface area contributed by atoms with E-state index in [9.17, 15) is 19.2 Å². The molecule has 25 heavy (non-hydrogen) atoms. The van der Waals surface area contributed by atoms with Crippen LogP contribution < -0.4 is 0 Å². The van der Waals surface area contributed by atoms with Gasteiger partial charge in [0.1, 0.15) is 0 Å². The molecule has 5 rings (SSSR count). The average Bonchev–Trinajstić information content (AvgIpc) is 2.54. The van der Waals surface area contributed by atoms with Crippen LogP contribution in [-0.2, 0) is 15.6 Å². The Kier molecular flexibility index (Phi) is 3.98. The van der Waals surface area contributed by atoms with Crippen LogP contribution in [0.5, 0.6) is 0 Å². The Hall–Kier alpha value is -0.420. The van der Waals surface area contributed by atoms with Crippen LogP contribution in [-0.4, -0.2) is 38.0 Å². The number of aliphatic carboxylic acids is 1. The van der Waals surface area contributed by atoms with E-state index in [-0.39, 0.29) is 22.0 Å². The molecule has 0 heterocycles. The van der Waals surface area contributed by atoms with Gasteiger partial charge in [0.2, 0.25) is 0 Å². The molecule has 142 valence electrons. The van der Waals surface area contributed by atoms with E-state index in [0.717, 1.165) is 51.4 Å². The summed E-state index contributed by atoms with van der Waals surface area (Å²) in [4.78, 5) is 12.1. The normalized spacial score (nSPS) is 55.9. The maximum atomic E-state index is 12.3. The van der Waals surface area contributed by atoms with Gasteiger partial charge in [0, 0.05) is 22.5 Å². The molecule has 5 aliphatic rings. The largest absolute Gasteiger partial charge is 0.481 e. The minimum atomic E-state index is -0.992. The second-order valence-corrected chi connectivity index (χ2v) is 11.4. The highest BCUT2D eigenvalue weighted by molar-refractivity contribution is 7.85. The second kappa shape index (κ2) is 5.54. The molecule has 1 unspecified atom stereocenters. The van der Waals surface area contributed by atoms with Crippen LogP contribution in [0.15, 0.2) is 0 Å². The topological polar surface area (TPSA) is 74.6 Å². The van der Waals surface area contributed by atoms with Gasteiger partial charge in [-0.1, -0.05) is 13.3 Å². The molecule has 0 aliphatic heterocycles. The third-order valence-electron chi connectivity index (χ3n) is 9.12. The van der Waals surface area contributed by atoms with Crippen molar-refractivity contribution in [1.82, 2.24) is 0 Å². The Balaban J connectivity index is 1.76. The summed E-state index contributed by atoms with van der Waals surface area (Å²) in [7, 11) is -0.992. The van der Waals surface area contributed by atoms with Crippen molar-refractivity contribution in [3.05, 3.63) is 0 Å². The predicted molar refractivity (Wildman–Crippen MR) is 97.6 cm³/mol. The molecule has 0 saturated heterocycles. The molecule has 2 N–H and O–H groups in total. The minimum Gasteiger partial charge on any atom is -0.481 e. The third kappa shape index (κ3) is 2.14. The molecule has 9 atom stereocenters. The van der Waals surface area contributed by atoms with Crippen molar-refractivity contribution in [3.63, 3.8) is 0 Å².